The molecule has 0 saturated heterocycles. The minimum Gasteiger partial charge on any atom is -0.374 e. The van der Waals surface area contributed by atoms with Crippen LogP contribution in [0.15, 0.2) is 18.2 Å². The van der Waals surface area contributed by atoms with Crippen molar-refractivity contribution in [2.75, 3.05) is 11.9 Å². The van der Waals surface area contributed by atoms with Crippen molar-refractivity contribution < 1.29 is 22.4 Å². The average molecular weight is 292 g/mol. The van der Waals surface area contributed by atoms with E-state index in [1.165, 1.54) is 0 Å². The minimum absolute atomic E-state index is 0.310. The van der Waals surface area contributed by atoms with Gasteiger partial charge in [0.1, 0.15) is 5.82 Å². The van der Waals surface area contributed by atoms with Gasteiger partial charge < -0.3 is 10.6 Å². The molecule has 1 amide bonds. The first-order valence-corrected chi connectivity index (χ1v) is 5.91. The highest BCUT2D eigenvalue weighted by Crippen LogP contribution is 2.31. The van der Waals surface area contributed by atoms with Gasteiger partial charge in [-0.25, -0.2) is 4.39 Å². The Balaban J connectivity index is 2.75. The molecule has 3 nitrogen and oxygen atoms in total. The van der Waals surface area contributed by atoms with Gasteiger partial charge in [-0.15, -0.1) is 0 Å². The topological polar surface area (TPSA) is 41.1 Å². The quantitative estimate of drug-likeness (QED) is 0.840. The van der Waals surface area contributed by atoms with Crippen LogP contribution in [0.2, 0.25) is 0 Å². The molecule has 1 rings (SSSR count). The highest BCUT2D eigenvalue weighted by atomic mass is 19.4. The maximum absolute atomic E-state index is 13.4. The van der Waals surface area contributed by atoms with Gasteiger partial charge >= 0.3 is 6.18 Å². The fraction of sp³-hybridized carbons (Fsp3) is 0.462. The van der Waals surface area contributed by atoms with E-state index in [4.69, 9.17) is 0 Å². The van der Waals surface area contributed by atoms with Crippen LogP contribution in [-0.4, -0.2) is 18.0 Å². The van der Waals surface area contributed by atoms with Gasteiger partial charge in [0.05, 0.1) is 17.8 Å². The predicted octanol–water partition coefficient (Wildman–Crippen LogP) is 3.17. The van der Waals surface area contributed by atoms with Crippen LogP contribution >= 0.6 is 0 Å². The summed E-state index contributed by atoms with van der Waals surface area (Å²) in [5, 5.41) is 4.97. The molecule has 0 saturated carbocycles. The zero-order chi connectivity index (χ0) is 15.6. The zero-order valence-corrected chi connectivity index (χ0v) is 11.4. The maximum Gasteiger partial charge on any atom is 0.416 e. The van der Waals surface area contributed by atoms with E-state index in [0.717, 1.165) is 0 Å². The molecule has 7 heteroatoms. The van der Waals surface area contributed by atoms with Crippen molar-refractivity contribution in [1.29, 1.82) is 0 Å². The maximum atomic E-state index is 13.4. The molecule has 20 heavy (non-hydrogen) atoms. The third-order valence-electron chi connectivity index (χ3n) is 2.25. The largest absolute Gasteiger partial charge is 0.416 e. The first kappa shape index (κ1) is 16.3. The molecule has 0 heterocycles. The van der Waals surface area contributed by atoms with Gasteiger partial charge in [0.25, 0.3) is 0 Å². The number of nitrogens with one attached hydrogen (secondary N) is 2. The summed E-state index contributed by atoms with van der Waals surface area (Å²) in [6, 6.07) is 2.00. The summed E-state index contributed by atoms with van der Waals surface area (Å²) in [6.07, 6.45) is -4.56. The van der Waals surface area contributed by atoms with Crippen LogP contribution in [0.25, 0.3) is 0 Å². The van der Waals surface area contributed by atoms with E-state index in [1.54, 1.807) is 20.8 Å². The molecule has 0 radical (unpaired) electrons. The molecule has 0 aliphatic rings. The first-order valence-electron chi connectivity index (χ1n) is 5.91. The van der Waals surface area contributed by atoms with E-state index in [2.05, 4.69) is 10.6 Å². The summed E-state index contributed by atoms with van der Waals surface area (Å²) in [7, 11) is 0. The summed E-state index contributed by atoms with van der Waals surface area (Å²) in [6.45, 7) is 4.97. The number of benzene rings is 1. The van der Waals surface area contributed by atoms with Gasteiger partial charge in [0, 0.05) is 5.54 Å². The predicted molar refractivity (Wildman–Crippen MR) is 67.8 cm³/mol. The molecule has 0 bridgehead atoms. The molecule has 0 fully saturated rings. The number of hydrogen-bond acceptors (Lipinski definition) is 2. The Morgan fingerprint density at radius 3 is 2.30 bits per heavy atom. The summed E-state index contributed by atoms with van der Waals surface area (Å²) in [5.74, 6) is -1.28. The van der Waals surface area contributed by atoms with Gasteiger partial charge in [-0.05, 0) is 39.0 Å². The lowest BCUT2D eigenvalue weighted by Crippen LogP contribution is -2.43. The monoisotopic (exact) mass is 292 g/mol. The lowest BCUT2D eigenvalue weighted by molar-refractivity contribution is -0.137. The minimum atomic E-state index is -4.56. The van der Waals surface area contributed by atoms with Gasteiger partial charge in [-0.1, -0.05) is 0 Å². The number of carbonyl (C=O) groups is 1. The lowest BCUT2D eigenvalue weighted by Gasteiger charge is -2.21. The van der Waals surface area contributed by atoms with Gasteiger partial charge in [-0.3, -0.25) is 4.79 Å². The molecule has 112 valence electrons. The molecule has 0 aliphatic carbocycles. The fourth-order valence-electron chi connectivity index (χ4n) is 1.48. The van der Waals surface area contributed by atoms with E-state index in [-0.39, 0.29) is 12.2 Å². The number of hydrogen-bond donors (Lipinski definition) is 2. The third-order valence-corrected chi connectivity index (χ3v) is 2.25. The van der Waals surface area contributed by atoms with Crippen molar-refractivity contribution in [2.45, 2.75) is 32.5 Å². The van der Waals surface area contributed by atoms with Gasteiger partial charge in [-0.2, -0.15) is 13.2 Å². The highest BCUT2D eigenvalue weighted by Gasteiger charge is 2.31. The molecule has 0 aromatic heterocycles. The average Bonchev–Trinajstić information content (AvgIpc) is 2.24. The van der Waals surface area contributed by atoms with E-state index >= 15 is 0 Å². The van der Waals surface area contributed by atoms with E-state index in [9.17, 15) is 22.4 Å². The van der Waals surface area contributed by atoms with Crippen LogP contribution in [0.3, 0.4) is 0 Å². The second-order valence-electron chi connectivity index (χ2n) is 5.34. The third kappa shape index (κ3) is 5.07. The van der Waals surface area contributed by atoms with E-state index in [1.807, 2.05) is 0 Å². The standard InChI is InChI=1S/C13H16F4N2O/c1-12(2,3)19-11(20)7-18-10-6-8(13(15,16)17)4-5-9(10)14/h4-6,18H,7H2,1-3H3,(H,19,20). The number of carbonyl (C=O) groups excluding carboxylic acids is 1. The summed E-state index contributed by atoms with van der Waals surface area (Å²) < 4.78 is 50.9. The van der Waals surface area contributed by atoms with Crippen molar-refractivity contribution in [3.63, 3.8) is 0 Å². The molecule has 0 spiro atoms. The first-order chi connectivity index (χ1) is 8.99. The van der Waals surface area contributed by atoms with Crippen molar-refractivity contribution in [3.05, 3.63) is 29.6 Å². The number of anilines is 1. The molecule has 2 N–H and O–H groups in total. The SMILES string of the molecule is CC(C)(C)NC(=O)CNc1cc(C(F)(F)F)ccc1F. The van der Waals surface area contributed by atoms with Crippen molar-refractivity contribution in [2.24, 2.45) is 0 Å². The molecule has 0 unspecified atom stereocenters. The summed E-state index contributed by atoms with van der Waals surface area (Å²) >= 11 is 0. The van der Waals surface area contributed by atoms with Gasteiger partial charge in [0.2, 0.25) is 5.91 Å². The Hall–Kier alpha value is -1.79. The Morgan fingerprint density at radius 2 is 1.80 bits per heavy atom. The Bertz CT molecular complexity index is 492. The van der Waals surface area contributed by atoms with Gasteiger partial charge in [0.15, 0.2) is 0 Å². The molecular weight excluding hydrogens is 276 g/mol. The smallest absolute Gasteiger partial charge is 0.374 e. The van der Waals surface area contributed by atoms with Crippen molar-refractivity contribution in [1.82, 2.24) is 5.32 Å². The van der Waals surface area contributed by atoms with Crippen LogP contribution in [0.4, 0.5) is 23.2 Å². The molecule has 1 aromatic carbocycles. The zero-order valence-electron chi connectivity index (χ0n) is 11.4. The Labute approximate surface area is 114 Å². The number of amides is 1. The fourth-order valence-corrected chi connectivity index (χ4v) is 1.48. The highest BCUT2D eigenvalue weighted by molar-refractivity contribution is 5.81. The van der Waals surface area contributed by atoms with Crippen LogP contribution < -0.4 is 10.6 Å². The second-order valence-corrected chi connectivity index (χ2v) is 5.34. The molecule has 0 atom stereocenters. The van der Waals surface area contributed by atoms with Crippen LogP contribution in [0.5, 0.6) is 0 Å². The van der Waals surface area contributed by atoms with E-state index in [0.29, 0.717) is 18.2 Å². The normalized spacial score (nSPS) is 12.2. The molecular formula is C13H16F4N2O. The lowest BCUT2D eigenvalue weighted by atomic mass is 10.1. The summed E-state index contributed by atoms with van der Waals surface area (Å²) in [5.41, 5.74) is -1.80. The number of rotatable bonds is 3. The van der Waals surface area contributed by atoms with Crippen molar-refractivity contribution >= 4 is 11.6 Å². The van der Waals surface area contributed by atoms with Crippen LogP contribution in [0.1, 0.15) is 26.3 Å². The van der Waals surface area contributed by atoms with Crippen LogP contribution in [0, 0.1) is 5.82 Å². The van der Waals surface area contributed by atoms with E-state index < -0.39 is 29.0 Å². The second kappa shape index (κ2) is 5.68. The Morgan fingerprint density at radius 1 is 1.20 bits per heavy atom. The number of halogens is 4. The molecule has 0 aliphatic heterocycles. The number of alkyl halides is 3. The van der Waals surface area contributed by atoms with Crippen molar-refractivity contribution in [3.8, 4) is 0 Å². The van der Waals surface area contributed by atoms with Crippen LogP contribution in [-0.2, 0) is 11.0 Å². The molecule has 1 aromatic rings. The summed E-state index contributed by atoms with van der Waals surface area (Å²) in [4.78, 5) is 11.5. The Kier molecular flexibility index (Phi) is 4.62.